The Labute approximate surface area is 168 Å². The SMILES string of the molecule is O=C(CCC[C@@H]1NC[C@@H]2CNC[C@H]1C2)N1CCC2(CC1)CNc1ccccc12. The first kappa shape index (κ1) is 18.4. The van der Waals surface area contributed by atoms with Gasteiger partial charge in [0.05, 0.1) is 0 Å². The molecule has 1 spiro atoms. The van der Waals surface area contributed by atoms with Crippen LogP contribution in [-0.2, 0) is 10.2 Å². The average Bonchev–Trinajstić information content (AvgIpc) is 3.09. The van der Waals surface area contributed by atoms with Crippen LogP contribution in [0.3, 0.4) is 0 Å². The zero-order chi connectivity index (χ0) is 19.0. The molecule has 0 radical (unpaired) electrons. The molecular formula is C23H34N4O. The molecule has 1 amide bonds. The third-order valence-corrected chi connectivity index (χ3v) is 7.81. The molecule has 2 bridgehead atoms. The first-order valence-corrected chi connectivity index (χ1v) is 11.3. The smallest absolute Gasteiger partial charge is 0.222 e. The fourth-order valence-corrected chi connectivity index (χ4v) is 6.07. The third kappa shape index (κ3) is 3.43. The second-order valence-corrected chi connectivity index (χ2v) is 9.49. The number of benzene rings is 1. The first-order valence-electron chi connectivity index (χ1n) is 11.3. The maximum atomic E-state index is 12.8. The lowest BCUT2D eigenvalue weighted by Crippen LogP contribution is -2.54. The Hall–Kier alpha value is -1.59. The largest absolute Gasteiger partial charge is 0.384 e. The Morgan fingerprint density at radius 2 is 2.00 bits per heavy atom. The van der Waals surface area contributed by atoms with Crippen LogP contribution in [0.4, 0.5) is 5.69 Å². The molecular weight excluding hydrogens is 348 g/mol. The topological polar surface area (TPSA) is 56.4 Å². The summed E-state index contributed by atoms with van der Waals surface area (Å²) in [6.45, 7) is 6.30. The van der Waals surface area contributed by atoms with Gasteiger partial charge in [-0.3, -0.25) is 4.79 Å². The maximum Gasteiger partial charge on any atom is 0.222 e. The lowest BCUT2D eigenvalue weighted by Gasteiger charge is -2.42. The zero-order valence-electron chi connectivity index (χ0n) is 16.9. The molecule has 1 aromatic rings. The van der Waals surface area contributed by atoms with Crippen LogP contribution in [0, 0.1) is 11.8 Å². The molecule has 0 saturated carbocycles. The molecule has 1 aromatic carbocycles. The Balaban J connectivity index is 1.09. The highest BCUT2D eigenvalue weighted by molar-refractivity contribution is 5.76. The van der Waals surface area contributed by atoms with E-state index in [4.69, 9.17) is 0 Å². The number of amides is 1. The van der Waals surface area contributed by atoms with E-state index in [0.29, 0.717) is 18.4 Å². The van der Waals surface area contributed by atoms with Crippen molar-refractivity contribution in [2.45, 2.75) is 50.0 Å². The van der Waals surface area contributed by atoms with Crippen molar-refractivity contribution >= 4 is 11.6 Å². The number of fused-ring (bicyclic) bond motifs is 4. The van der Waals surface area contributed by atoms with Crippen LogP contribution < -0.4 is 16.0 Å². The molecule has 0 aliphatic carbocycles. The van der Waals surface area contributed by atoms with Crippen molar-refractivity contribution in [3.8, 4) is 0 Å². The van der Waals surface area contributed by atoms with E-state index < -0.39 is 0 Å². The molecule has 0 unspecified atom stereocenters. The summed E-state index contributed by atoms with van der Waals surface area (Å²) in [5.41, 5.74) is 3.00. The van der Waals surface area contributed by atoms with E-state index in [1.165, 1.54) is 24.2 Å². The summed E-state index contributed by atoms with van der Waals surface area (Å²) < 4.78 is 0. The summed E-state index contributed by atoms with van der Waals surface area (Å²) in [4.78, 5) is 14.9. The standard InChI is InChI=1S/C23H34N4O/c28-22(7-3-6-20-18-12-17(14-25-20)13-24-15-18)27-10-8-23(9-11-27)16-26-21-5-2-1-4-19(21)23/h1-2,4-5,17-18,20,24-26H,3,6-16H2/t17-,18+,20-/m0/s1. The molecule has 4 heterocycles. The van der Waals surface area contributed by atoms with Crippen LogP contribution in [-0.4, -0.2) is 56.1 Å². The van der Waals surface area contributed by atoms with Gasteiger partial charge in [-0.1, -0.05) is 18.2 Å². The Morgan fingerprint density at radius 1 is 1.14 bits per heavy atom. The first-order chi connectivity index (χ1) is 13.7. The number of hydrogen-bond acceptors (Lipinski definition) is 4. The molecule has 4 aliphatic rings. The van der Waals surface area contributed by atoms with E-state index in [1.54, 1.807) is 0 Å². The molecule has 3 atom stereocenters. The summed E-state index contributed by atoms with van der Waals surface area (Å²) in [6, 6.07) is 9.31. The molecule has 3 N–H and O–H groups in total. The van der Waals surface area contributed by atoms with Gasteiger partial charge in [0.1, 0.15) is 0 Å². The van der Waals surface area contributed by atoms with Gasteiger partial charge in [-0.25, -0.2) is 0 Å². The molecule has 0 aromatic heterocycles. The average molecular weight is 383 g/mol. The van der Waals surface area contributed by atoms with Crippen LogP contribution in [0.25, 0.3) is 0 Å². The van der Waals surface area contributed by atoms with Crippen molar-refractivity contribution in [3.63, 3.8) is 0 Å². The number of hydrogen-bond donors (Lipinski definition) is 3. The number of carbonyl (C=O) groups is 1. The number of anilines is 1. The number of carbonyl (C=O) groups excluding carboxylic acids is 1. The van der Waals surface area contributed by atoms with E-state index in [2.05, 4.69) is 45.1 Å². The zero-order valence-corrected chi connectivity index (χ0v) is 16.9. The minimum Gasteiger partial charge on any atom is -0.384 e. The Kier molecular flexibility index (Phi) is 5.06. The quantitative estimate of drug-likeness (QED) is 0.748. The Morgan fingerprint density at radius 3 is 2.89 bits per heavy atom. The number of likely N-dealkylation sites (tertiary alicyclic amines) is 1. The van der Waals surface area contributed by atoms with E-state index in [-0.39, 0.29) is 5.41 Å². The molecule has 5 nitrogen and oxygen atoms in total. The number of nitrogens with zero attached hydrogens (tertiary/aromatic N) is 1. The van der Waals surface area contributed by atoms with Gasteiger partial charge in [-0.05, 0) is 75.2 Å². The number of piperidine rings is 3. The second kappa shape index (κ2) is 7.68. The van der Waals surface area contributed by atoms with Crippen molar-refractivity contribution in [1.82, 2.24) is 15.5 Å². The predicted octanol–water partition coefficient (Wildman–Crippen LogP) is 2.34. The summed E-state index contributed by atoms with van der Waals surface area (Å²) >= 11 is 0. The van der Waals surface area contributed by atoms with Gasteiger partial charge in [0.2, 0.25) is 5.91 Å². The van der Waals surface area contributed by atoms with Gasteiger partial charge in [0.25, 0.3) is 0 Å². The van der Waals surface area contributed by atoms with Crippen LogP contribution in [0.5, 0.6) is 0 Å². The summed E-state index contributed by atoms with van der Waals surface area (Å²) in [5.74, 6) is 1.93. The lowest BCUT2D eigenvalue weighted by molar-refractivity contribution is -0.132. The van der Waals surface area contributed by atoms with Crippen LogP contribution in [0.15, 0.2) is 24.3 Å². The number of nitrogens with one attached hydrogen (secondary N) is 3. The van der Waals surface area contributed by atoms with E-state index in [1.807, 2.05) is 0 Å². The van der Waals surface area contributed by atoms with Gasteiger partial charge >= 0.3 is 0 Å². The highest BCUT2D eigenvalue weighted by atomic mass is 16.2. The molecule has 5 heteroatoms. The van der Waals surface area contributed by atoms with Crippen LogP contribution >= 0.6 is 0 Å². The van der Waals surface area contributed by atoms with Gasteiger partial charge in [-0.2, -0.15) is 0 Å². The van der Waals surface area contributed by atoms with Gasteiger partial charge in [0.15, 0.2) is 0 Å². The van der Waals surface area contributed by atoms with Crippen molar-refractivity contribution in [2.24, 2.45) is 11.8 Å². The summed E-state index contributed by atoms with van der Waals surface area (Å²) in [6.07, 6.45) is 6.40. The van der Waals surface area contributed by atoms with Crippen LogP contribution in [0.2, 0.25) is 0 Å². The van der Waals surface area contributed by atoms with Gasteiger partial charge in [-0.15, -0.1) is 0 Å². The molecule has 5 rings (SSSR count). The Bertz CT molecular complexity index is 712. The fraction of sp³-hybridized carbons (Fsp3) is 0.696. The van der Waals surface area contributed by atoms with Gasteiger partial charge in [0, 0.05) is 43.2 Å². The number of rotatable bonds is 4. The number of para-hydroxylation sites is 1. The lowest BCUT2D eigenvalue weighted by atomic mass is 9.74. The third-order valence-electron chi connectivity index (χ3n) is 7.81. The molecule has 28 heavy (non-hydrogen) atoms. The monoisotopic (exact) mass is 382 g/mol. The van der Waals surface area contributed by atoms with Crippen LogP contribution in [0.1, 0.15) is 44.1 Å². The van der Waals surface area contributed by atoms with Gasteiger partial charge < -0.3 is 20.9 Å². The van der Waals surface area contributed by atoms with E-state index in [9.17, 15) is 4.79 Å². The van der Waals surface area contributed by atoms with Crippen molar-refractivity contribution in [2.75, 3.05) is 44.6 Å². The van der Waals surface area contributed by atoms with Crippen molar-refractivity contribution in [3.05, 3.63) is 29.8 Å². The van der Waals surface area contributed by atoms with Crippen molar-refractivity contribution in [1.29, 1.82) is 0 Å². The van der Waals surface area contributed by atoms with E-state index in [0.717, 1.165) is 70.2 Å². The molecule has 4 aliphatic heterocycles. The summed E-state index contributed by atoms with van der Waals surface area (Å²) in [7, 11) is 0. The second-order valence-electron chi connectivity index (χ2n) is 9.49. The normalized spacial score (nSPS) is 30.7. The fourth-order valence-electron chi connectivity index (χ4n) is 6.07. The highest BCUT2D eigenvalue weighted by Crippen LogP contribution is 2.43. The molecule has 3 saturated heterocycles. The molecule has 152 valence electrons. The minimum absolute atomic E-state index is 0.240. The molecule has 3 fully saturated rings. The van der Waals surface area contributed by atoms with Crippen molar-refractivity contribution < 1.29 is 4.79 Å². The minimum atomic E-state index is 0.240. The predicted molar refractivity (Wildman–Crippen MR) is 113 cm³/mol. The van der Waals surface area contributed by atoms with E-state index >= 15 is 0 Å². The maximum absolute atomic E-state index is 12.8. The highest BCUT2D eigenvalue weighted by Gasteiger charge is 2.42. The summed E-state index contributed by atoms with van der Waals surface area (Å²) in [5, 5.41) is 10.9.